The number of carbonyl (C=O) groups is 3. The number of carboxylic acids is 1. The van der Waals surface area contributed by atoms with Crippen LogP contribution in [0, 0.1) is 0 Å². The van der Waals surface area contributed by atoms with E-state index in [0.717, 1.165) is 38.4 Å². The van der Waals surface area contributed by atoms with Crippen LogP contribution < -0.4 is 5.32 Å². The van der Waals surface area contributed by atoms with Crippen LogP contribution in [-0.2, 0) is 14.3 Å². The monoisotopic (exact) mass is 377 g/mol. The topological polar surface area (TPSA) is 92.7 Å². The number of aromatic carboxylic acids is 1. The van der Waals surface area contributed by atoms with Crippen molar-refractivity contribution in [2.24, 2.45) is 0 Å². The van der Waals surface area contributed by atoms with Gasteiger partial charge in [-0.3, -0.25) is 4.79 Å². The molecule has 0 spiro atoms. The third-order valence-electron chi connectivity index (χ3n) is 4.41. The van der Waals surface area contributed by atoms with Crippen LogP contribution in [0.2, 0.25) is 0 Å². The van der Waals surface area contributed by atoms with Crippen molar-refractivity contribution >= 4 is 23.9 Å². The number of ether oxygens (including phenoxy) is 1. The first-order valence-corrected chi connectivity index (χ1v) is 9.72. The Labute approximate surface area is 161 Å². The van der Waals surface area contributed by atoms with Gasteiger partial charge < -0.3 is 20.0 Å². The Balaban J connectivity index is 2.87. The van der Waals surface area contributed by atoms with Crippen molar-refractivity contribution in [1.82, 2.24) is 0 Å². The van der Waals surface area contributed by atoms with E-state index in [1.54, 1.807) is 12.1 Å². The van der Waals surface area contributed by atoms with Crippen molar-refractivity contribution in [2.45, 2.75) is 64.7 Å². The second kappa shape index (κ2) is 13.0. The molecule has 0 heterocycles. The summed E-state index contributed by atoms with van der Waals surface area (Å²) in [5.74, 6) is -1.52. The largest absolute Gasteiger partial charge is 0.478 e. The lowest BCUT2D eigenvalue weighted by molar-refractivity contribution is -0.117. The highest BCUT2D eigenvalue weighted by molar-refractivity contribution is 6.01. The van der Waals surface area contributed by atoms with Gasteiger partial charge in [0, 0.05) is 13.0 Å². The van der Waals surface area contributed by atoms with E-state index in [9.17, 15) is 19.5 Å². The van der Waals surface area contributed by atoms with Gasteiger partial charge in [-0.05, 0) is 30.4 Å². The van der Waals surface area contributed by atoms with Gasteiger partial charge in [-0.15, -0.1) is 0 Å². The quantitative estimate of drug-likeness (QED) is 0.370. The fourth-order valence-corrected chi connectivity index (χ4v) is 3.02. The van der Waals surface area contributed by atoms with Gasteiger partial charge in [0.1, 0.15) is 6.29 Å². The number of para-hydroxylation sites is 1. The number of unbranched alkanes of at least 4 members (excludes halogenated alkanes) is 2. The lowest BCUT2D eigenvalue weighted by atomic mass is 9.89. The van der Waals surface area contributed by atoms with Crippen molar-refractivity contribution in [3.63, 3.8) is 0 Å². The van der Waals surface area contributed by atoms with E-state index in [1.165, 1.54) is 6.07 Å². The minimum Gasteiger partial charge on any atom is -0.478 e. The van der Waals surface area contributed by atoms with E-state index in [1.807, 2.05) is 6.92 Å². The molecule has 1 unspecified atom stereocenters. The molecule has 0 bridgehead atoms. The third-order valence-corrected chi connectivity index (χ3v) is 4.41. The summed E-state index contributed by atoms with van der Waals surface area (Å²) in [7, 11) is 0. The second-order valence-electron chi connectivity index (χ2n) is 6.58. The molecule has 0 saturated carbocycles. The van der Waals surface area contributed by atoms with E-state index >= 15 is 0 Å². The lowest BCUT2D eigenvalue weighted by Crippen LogP contribution is -2.19. The van der Waals surface area contributed by atoms with Gasteiger partial charge in [0.05, 0.1) is 24.3 Å². The van der Waals surface area contributed by atoms with Crippen LogP contribution in [0.5, 0.6) is 0 Å². The first-order valence-electron chi connectivity index (χ1n) is 9.72. The maximum atomic E-state index is 12.3. The van der Waals surface area contributed by atoms with Crippen LogP contribution in [0.4, 0.5) is 5.69 Å². The molecule has 0 saturated heterocycles. The Morgan fingerprint density at radius 3 is 2.59 bits per heavy atom. The van der Waals surface area contributed by atoms with Crippen molar-refractivity contribution in [3.8, 4) is 0 Å². The summed E-state index contributed by atoms with van der Waals surface area (Å²) in [6.07, 6.45) is 6.05. The molecular formula is C21H31NO5. The summed E-state index contributed by atoms with van der Waals surface area (Å²) >= 11 is 0. The van der Waals surface area contributed by atoms with Crippen LogP contribution in [-0.4, -0.2) is 36.5 Å². The normalized spacial score (nSPS) is 11.8. The smallest absolute Gasteiger partial charge is 0.337 e. The maximum absolute atomic E-state index is 12.3. The third kappa shape index (κ3) is 7.91. The van der Waals surface area contributed by atoms with Crippen LogP contribution >= 0.6 is 0 Å². The average molecular weight is 377 g/mol. The number of rotatable bonds is 14. The first-order chi connectivity index (χ1) is 13.0. The number of benzene rings is 1. The molecule has 0 aliphatic heterocycles. The van der Waals surface area contributed by atoms with E-state index in [-0.39, 0.29) is 23.8 Å². The van der Waals surface area contributed by atoms with Crippen molar-refractivity contribution in [2.75, 3.05) is 18.5 Å². The molecule has 150 valence electrons. The number of hydrogen-bond donors (Lipinski definition) is 2. The molecule has 6 nitrogen and oxygen atoms in total. The summed E-state index contributed by atoms with van der Waals surface area (Å²) < 4.78 is 5.45. The lowest BCUT2D eigenvalue weighted by Gasteiger charge is -2.20. The van der Waals surface area contributed by atoms with Crippen molar-refractivity contribution < 1.29 is 24.2 Å². The highest BCUT2D eigenvalue weighted by Crippen LogP contribution is 2.33. The molecule has 1 atom stereocenters. The summed E-state index contributed by atoms with van der Waals surface area (Å²) in [5.41, 5.74) is 1.03. The molecule has 0 fully saturated rings. The highest BCUT2D eigenvalue weighted by Gasteiger charge is 2.21. The number of anilines is 1. The Kier molecular flexibility index (Phi) is 11.0. The number of carboxylic acid groups (broad SMARTS) is 1. The van der Waals surface area contributed by atoms with E-state index in [0.29, 0.717) is 30.9 Å². The molecule has 27 heavy (non-hydrogen) atoms. The molecule has 0 aliphatic rings. The number of carbonyl (C=O) groups excluding carboxylic acids is 2. The van der Waals surface area contributed by atoms with Crippen molar-refractivity contribution in [3.05, 3.63) is 29.3 Å². The van der Waals surface area contributed by atoms with Gasteiger partial charge in [-0.1, -0.05) is 45.2 Å². The Hall–Kier alpha value is -2.21. The van der Waals surface area contributed by atoms with Gasteiger partial charge in [-0.2, -0.15) is 0 Å². The number of hydrogen-bond acceptors (Lipinski definition) is 4. The molecule has 1 aromatic carbocycles. The molecule has 1 rings (SSSR count). The molecule has 0 aliphatic carbocycles. The predicted molar refractivity (Wildman–Crippen MR) is 105 cm³/mol. The first kappa shape index (κ1) is 22.8. The predicted octanol–water partition coefficient (Wildman–Crippen LogP) is 4.39. The Bertz CT molecular complexity index is 615. The number of amides is 1. The van der Waals surface area contributed by atoms with Gasteiger partial charge in [0.2, 0.25) is 5.91 Å². The van der Waals surface area contributed by atoms with Gasteiger partial charge in [0.25, 0.3) is 0 Å². The fraction of sp³-hybridized carbons (Fsp3) is 0.571. The van der Waals surface area contributed by atoms with Crippen LogP contribution in [0.1, 0.15) is 80.6 Å². The van der Waals surface area contributed by atoms with E-state index < -0.39 is 5.97 Å². The molecule has 1 aromatic rings. The summed E-state index contributed by atoms with van der Waals surface area (Å²) in [6.45, 7) is 5.04. The maximum Gasteiger partial charge on any atom is 0.337 e. The van der Waals surface area contributed by atoms with Gasteiger partial charge in [-0.25, -0.2) is 4.79 Å². The molecule has 6 heteroatoms. The SMILES string of the molecule is CCCCCOCCC(=O)Nc1c(C(=O)O)cccc1C(CC=O)CCC. The zero-order valence-corrected chi connectivity index (χ0v) is 16.3. The Morgan fingerprint density at radius 1 is 1.19 bits per heavy atom. The molecule has 0 aromatic heterocycles. The standard InChI is InChI=1S/C21H31NO5/c1-3-5-6-14-27-15-12-19(24)22-20-17(16(8-4-2)11-13-23)9-7-10-18(20)21(25)26/h7,9-10,13,16H,3-6,8,11-12,14-15H2,1-2H3,(H,22,24)(H,25,26). The van der Waals surface area contributed by atoms with Crippen LogP contribution in [0.3, 0.4) is 0 Å². The zero-order chi connectivity index (χ0) is 20.1. The van der Waals surface area contributed by atoms with Crippen LogP contribution in [0.15, 0.2) is 18.2 Å². The van der Waals surface area contributed by atoms with E-state index in [2.05, 4.69) is 12.2 Å². The molecule has 2 N–H and O–H groups in total. The second-order valence-corrected chi connectivity index (χ2v) is 6.58. The summed E-state index contributed by atoms with van der Waals surface area (Å²) in [5, 5.41) is 12.2. The van der Waals surface area contributed by atoms with E-state index in [4.69, 9.17) is 4.74 Å². The fourth-order valence-electron chi connectivity index (χ4n) is 3.02. The zero-order valence-electron chi connectivity index (χ0n) is 16.3. The average Bonchev–Trinajstić information content (AvgIpc) is 2.64. The number of nitrogens with one attached hydrogen (secondary N) is 1. The number of aldehydes is 1. The molecule has 1 amide bonds. The summed E-state index contributed by atoms with van der Waals surface area (Å²) in [6, 6.07) is 4.90. The summed E-state index contributed by atoms with van der Waals surface area (Å²) in [4.78, 5) is 35.0. The van der Waals surface area contributed by atoms with Gasteiger partial charge >= 0.3 is 5.97 Å². The highest BCUT2D eigenvalue weighted by atomic mass is 16.5. The molecule has 0 radical (unpaired) electrons. The van der Waals surface area contributed by atoms with Crippen LogP contribution in [0.25, 0.3) is 0 Å². The Morgan fingerprint density at radius 2 is 1.96 bits per heavy atom. The minimum atomic E-state index is -1.11. The molecular weight excluding hydrogens is 346 g/mol. The van der Waals surface area contributed by atoms with Gasteiger partial charge in [0.15, 0.2) is 0 Å². The van der Waals surface area contributed by atoms with Crippen molar-refractivity contribution in [1.29, 1.82) is 0 Å². The minimum absolute atomic E-state index is 0.0386.